The summed E-state index contributed by atoms with van der Waals surface area (Å²) in [4.78, 5) is 15.5. The average Bonchev–Trinajstić information content (AvgIpc) is 2.92. The van der Waals surface area contributed by atoms with Crippen molar-refractivity contribution in [1.29, 1.82) is 0 Å². The molecule has 0 amide bonds. The lowest BCUT2D eigenvalue weighted by molar-refractivity contribution is 0.0696. The molecule has 1 aromatic carbocycles. The SMILES string of the molecule is Cc1c(C(=O)O)cn2ncnc(Nc3cccc(NC[SH](=O)=O)c3)c12. The minimum atomic E-state index is -2.52. The van der Waals surface area contributed by atoms with Gasteiger partial charge in [-0.15, -0.1) is 0 Å². The fourth-order valence-corrected chi connectivity index (χ4v) is 2.78. The van der Waals surface area contributed by atoms with Crippen molar-refractivity contribution in [2.45, 2.75) is 6.92 Å². The Morgan fingerprint density at radius 1 is 1.32 bits per heavy atom. The fraction of sp³-hybridized carbons (Fsp3) is 0.133. The Morgan fingerprint density at radius 2 is 2.08 bits per heavy atom. The van der Waals surface area contributed by atoms with E-state index in [1.54, 1.807) is 31.2 Å². The number of aromatic nitrogens is 3. The molecular formula is C15H15N5O4S. The molecule has 0 bridgehead atoms. The van der Waals surface area contributed by atoms with Gasteiger partial charge in [-0.1, -0.05) is 6.07 Å². The maximum Gasteiger partial charge on any atom is 0.337 e. The molecule has 3 N–H and O–H groups in total. The molecule has 10 heteroatoms. The van der Waals surface area contributed by atoms with Gasteiger partial charge in [0.15, 0.2) is 16.5 Å². The second-order valence-electron chi connectivity index (χ2n) is 5.25. The van der Waals surface area contributed by atoms with Crippen LogP contribution >= 0.6 is 0 Å². The maximum absolute atomic E-state index is 11.3. The second-order valence-corrected chi connectivity index (χ2v) is 6.23. The van der Waals surface area contributed by atoms with E-state index < -0.39 is 16.7 Å². The van der Waals surface area contributed by atoms with Gasteiger partial charge in [0.1, 0.15) is 17.7 Å². The number of hydrogen-bond acceptors (Lipinski definition) is 7. The van der Waals surface area contributed by atoms with Gasteiger partial charge < -0.3 is 15.7 Å². The van der Waals surface area contributed by atoms with E-state index >= 15 is 0 Å². The number of carboxylic acids is 1. The zero-order valence-electron chi connectivity index (χ0n) is 13.1. The summed E-state index contributed by atoms with van der Waals surface area (Å²) in [6, 6.07) is 7.02. The Hall–Kier alpha value is -3.14. The zero-order chi connectivity index (χ0) is 18.0. The van der Waals surface area contributed by atoms with Crippen LogP contribution in [0.25, 0.3) is 5.52 Å². The second kappa shape index (κ2) is 6.77. The number of aromatic carboxylic acids is 1. The third kappa shape index (κ3) is 3.53. The first kappa shape index (κ1) is 16.7. The normalized spacial score (nSPS) is 11.0. The Morgan fingerprint density at radius 3 is 2.80 bits per heavy atom. The quantitative estimate of drug-likeness (QED) is 0.486. The van der Waals surface area contributed by atoms with Crippen LogP contribution in [0.2, 0.25) is 0 Å². The minimum Gasteiger partial charge on any atom is -0.478 e. The predicted molar refractivity (Wildman–Crippen MR) is 93.2 cm³/mol. The minimum absolute atomic E-state index is 0.151. The van der Waals surface area contributed by atoms with Gasteiger partial charge in [0, 0.05) is 17.6 Å². The molecule has 0 atom stereocenters. The molecule has 0 saturated carbocycles. The van der Waals surface area contributed by atoms with E-state index in [1.165, 1.54) is 17.0 Å². The molecule has 2 heterocycles. The van der Waals surface area contributed by atoms with Gasteiger partial charge in [0.05, 0.1) is 5.56 Å². The number of carboxylic acid groups (broad SMARTS) is 1. The Bertz CT molecular complexity index is 1020. The molecule has 0 fully saturated rings. The summed E-state index contributed by atoms with van der Waals surface area (Å²) >= 11 is 0. The van der Waals surface area contributed by atoms with Crippen molar-refractivity contribution in [1.82, 2.24) is 14.6 Å². The largest absolute Gasteiger partial charge is 0.478 e. The Balaban J connectivity index is 1.95. The Kier molecular flexibility index (Phi) is 4.52. The predicted octanol–water partition coefficient (Wildman–Crippen LogP) is 1.46. The van der Waals surface area contributed by atoms with Gasteiger partial charge in [-0.25, -0.2) is 22.7 Å². The van der Waals surface area contributed by atoms with E-state index in [0.717, 1.165) is 0 Å². The molecule has 0 aliphatic rings. The van der Waals surface area contributed by atoms with Crippen molar-refractivity contribution < 1.29 is 18.3 Å². The number of rotatable bonds is 6. The highest BCUT2D eigenvalue weighted by Crippen LogP contribution is 2.26. The highest BCUT2D eigenvalue weighted by Gasteiger charge is 2.17. The molecule has 0 aliphatic heterocycles. The van der Waals surface area contributed by atoms with Crippen LogP contribution in [0.1, 0.15) is 15.9 Å². The topological polar surface area (TPSA) is 126 Å². The van der Waals surface area contributed by atoms with Crippen molar-refractivity contribution in [3.63, 3.8) is 0 Å². The van der Waals surface area contributed by atoms with E-state index in [9.17, 15) is 18.3 Å². The van der Waals surface area contributed by atoms with Crippen LogP contribution in [-0.2, 0) is 10.7 Å². The van der Waals surface area contributed by atoms with Crippen molar-refractivity contribution in [3.05, 3.63) is 47.9 Å². The van der Waals surface area contributed by atoms with Crippen LogP contribution in [0.4, 0.5) is 17.2 Å². The summed E-state index contributed by atoms with van der Waals surface area (Å²) in [5, 5.41) is 19.2. The molecule has 2 aromatic heterocycles. The number of thiol groups is 1. The maximum atomic E-state index is 11.3. The highest BCUT2D eigenvalue weighted by atomic mass is 32.2. The van der Waals surface area contributed by atoms with Crippen molar-refractivity contribution in [3.8, 4) is 0 Å². The summed E-state index contributed by atoms with van der Waals surface area (Å²) in [7, 11) is -2.52. The summed E-state index contributed by atoms with van der Waals surface area (Å²) in [6.45, 7) is 1.69. The Labute approximate surface area is 144 Å². The van der Waals surface area contributed by atoms with Crippen LogP contribution in [0.3, 0.4) is 0 Å². The molecule has 0 radical (unpaired) electrons. The van der Waals surface area contributed by atoms with Crippen LogP contribution < -0.4 is 10.6 Å². The van der Waals surface area contributed by atoms with E-state index in [-0.39, 0.29) is 11.4 Å². The number of hydrogen-bond donors (Lipinski definition) is 4. The molecule has 0 saturated heterocycles. The molecule has 0 spiro atoms. The van der Waals surface area contributed by atoms with Gasteiger partial charge in [-0.05, 0) is 30.7 Å². The standard InChI is InChI=1S/C15H15N5O4S/c1-9-12(15(21)22)6-20-13(9)14(16-7-18-20)19-11-4-2-3-10(5-11)17-8-25(23)24/h2-7,17,25H,8H2,1H3,(H,21,22)(H,16,18,19). The van der Waals surface area contributed by atoms with Crippen molar-refractivity contribution in [2.24, 2.45) is 0 Å². The van der Waals surface area contributed by atoms with Crippen LogP contribution in [-0.4, -0.2) is 40.0 Å². The first-order valence-electron chi connectivity index (χ1n) is 7.24. The number of nitrogens with one attached hydrogen (secondary N) is 2. The number of nitrogens with zero attached hydrogens (tertiary/aromatic N) is 3. The number of anilines is 3. The van der Waals surface area contributed by atoms with Crippen LogP contribution in [0.5, 0.6) is 0 Å². The zero-order valence-corrected chi connectivity index (χ0v) is 14.0. The molecule has 3 aromatic rings. The number of carbonyl (C=O) groups is 1. The number of aryl methyl sites for hydroxylation is 1. The molecule has 0 unspecified atom stereocenters. The lowest BCUT2D eigenvalue weighted by Crippen LogP contribution is -2.03. The van der Waals surface area contributed by atoms with Gasteiger partial charge >= 0.3 is 5.97 Å². The highest BCUT2D eigenvalue weighted by molar-refractivity contribution is 7.72. The van der Waals surface area contributed by atoms with Gasteiger partial charge in [0.25, 0.3) is 0 Å². The first-order chi connectivity index (χ1) is 12.0. The third-order valence-electron chi connectivity index (χ3n) is 3.59. The fourth-order valence-electron chi connectivity index (χ4n) is 2.47. The summed E-state index contributed by atoms with van der Waals surface area (Å²) < 4.78 is 22.8. The smallest absolute Gasteiger partial charge is 0.337 e. The molecule has 25 heavy (non-hydrogen) atoms. The van der Waals surface area contributed by atoms with Gasteiger partial charge in [-0.2, -0.15) is 5.10 Å². The van der Waals surface area contributed by atoms with E-state index in [4.69, 9.17) is 0 Å². The molecule has 3 rings (SSSR count). The van der Waals surface area contributed by atoms with E-state index in [2.05, 4.69) is 20.7 Å². The van der Waals surface area contributed by atoms with Gasteiger partial charge in [0.2, 0.25) is 0 Å². The lowest BCUT2D eigenvalue weighted by Gasteiger charge is -2.10. The summed E-state index contributed by atoms with van der Waals surface area (Å²) in [5.41, 5.74) is 2.56. The average molecular weight is 361 g/mol. The summed E-state index contributed by atoms with van der Waals surface area (Å²) in [5.74, 6) is -0.741. The van der Waals surface area contributed by atoms with E-state index in [1.807, 2.05) is 0 Å². The van der Waals surface area contributed by atoms with Crippen molar-refractivity contribution in [2.75, 3.05) is 16.5 Å². The van der Waals surface area contributed by atoms with Gasteiger partial charge in [-0.3, -0.25) is 0 Å². The van der Waals surface area contributed by atoms with Crippen LogP contribution in [0.15, 0.2) is 36.8 Å². The summed E-state index contributed by atoms with van der Waals surface area (Å²) in [6.07, 6.45) is 2.76. The third-order valence-corrected chi connectivity index (χ3v) is 4.01. The van der Waals surface area contributed by atoms with Crippen LogP contribution in [0, 0.1) is 6.92 Å². The molecule has 0 aliphatic carbocycles. The first-order valence-corrected chi connectivity index (χ1v) is 8.61. The number of fused-ring (bicyclic) bond motifs is 1. The van der Waals surface area contributed by atoms with Crippen molar-refractivity contribution >= 4 is 39.4 Å². The number of benzene rings is 1. The van der Waals surface area contributed by atoms with E-state index in [0.29, 0.717) is 28.3 Å². The molecule has 9 nitrogen and oxygen atoms in total. The molecule has 130 valence electrons. The lowest BCUT2D eigenvalue weighted by atomic mass is 10.2. The molecular weight excluding hydrogens is 346 g/mol. The monoisotopic (exact) mass is 361 g/mol.